The van der Waals surface area contributed by atoms with Gasteiger partial charge in [0.15, 0.2) is 5.13 Å². The van der Waals surface area contributed by atoms with Crippen LogP contribution < -0.4 is 4.90 Å². The summed E-state index contributed by atoms with van der Waals surface area (Å²) in [5, 5.41) is 0.381. The Balaban J connectivity index is 1.68. The molecule has 2 aromatic carbocycles. The lowest BCUT2D eigenvalue weighted by Crippen LogP contribution is -2.32. The van der Waals surface area contributed by atoms with Crippen molar-refractivity contribution in [3.05, 3.63) is 109 Å². The number of anilines is 1. The molecule has 36 heavy (non-hydrogen) atoms. The van der Waals surface area contributed by atoms with Gasteiger partial charge in [0.2, 0.25) is 10.0 Å². The topological polar surface area (TPSA) is 83.5 Å². The van der Waals surface area contributed by atoms with Gasteiger partial charge in [0.1, 0.15) is 5.82 Å². The fraction of sp³-hybridized carbons (Fsp3) is 0.115. The van der Waals surface area contributed by atoms with Crippen molar-refractivity contribution >= 4 is 42.6 Å². The molecule has 0 radical (unpaired) electrons. The van der Waals surface area contributed by atoms with Gasteiger partial charge in [-0.2, -0.15) is 4.31 Å². The zero-order chi connectivity index (χ0) is 25.7. The van der Waals surface area contributed by atoms with E-state index in [-0.39, 0.29) is 35.9 Å². The summed E-state index contributed by atoms with van der Waals surface area (Å²) >= 11 is 1.19. The maximum Gasteiger partial charge on any atom is 0.260 e. The fourth-order valence-electron chi connectivity index (χ4n) is 3.51. The Labute approximate surface area is 212 Å². The average Bonchev–Trinajstić information content (AvgIpc) is 3.30. The Hall–Kier alpha value is -3.73. The number of halogens is 1. The van der Waals surface area contributed by atoms with Crippen LogP contribution in [0.5, 0.6) is 0 Å². The second-order valence-corrected chi connectivity index (χ2v) is 10.7. The highest BCUT2D eigenvalue weighted by Gasteiger charge is 2.25. The van der Waals surface area contributed by atoms with E-state index >= 15 is 0 Å². The maximum absolute atomic E-state index is 13.7. The van der Waals surface area contributed by atoms with Crippen LogP contribution in [0.25, 0.3) is 10.2 Å². The monoisotopic (exact) mass is 522 g/mol. The van der Waals surface area contributed by atoms with Gasteiger partial charge in [0, 0.05) is 24.8 Å². The van der Waals surface area contributed by atoms with Crippen LogP contribution >= 0.6 is 11.3 Å². The van der Waals surface area contributed by atoms with Crippen molar-refractivity contribution in [1.82, 2.24) is 14.3 Å². The molecule has 2 heterocycles. The van der Waals surface area contributed by atoms with Crippen LogP contribution in [0.3, 0.4) is 0 Å². The van der Waals surface area contributed by atoms with Crippen LogP contribution in [-0.4, -0.2) is 41.7 Å². The maximum atomic E-state index is 13.7. The Morgan fingerprint density at radius 2 is 1.75 bits per heavy atom. The number of hydrogen-bond acceptors (Lipinski definition) is 6. The number of rotatable bonds is 10. The second-order valence-electron chi connectivity index (χ2n) is 7.74. The summed E-state index contributed by atoms with van der Waals surface area (Å²) in [4.78, 5) is 23.9. The number of carbonyl (C=O) groups excluding carboxylic acids is 1. The van der Waals surface area contributed by atoms with Crippen molar-refractivity contribution in [3.63, 3.8) is 0 Å². The molecule has 0 bridgehead atoms. The highest BCUT2D eigenvalue weighted by molar-refractivity contribution is 7.89. The van der Waals surface area contributed by atoms with E-state index in [4.69, 9.17) is 0 Å². The Kier molecular flexibility index (Phi) is 7.68. The van der Waals surface area contributed by atoms with E-state index in [0.29, 0.717) is 21.0 Å². The van der Waals surface area contributed by atoms with Gasteiger partial charge < -0.3 is 0 Å². The third kappa shape index (κ3) is 5.40. The van der Waals surface area contributed by atoms with Gasteiger partial charge in [-0.3, -0.25) is 14.7 Å². The molecule has 2 aromatic heterocycles. The summed E-state index contributed by atoms with van der Waals surface area (Å²) < 4.78 is 41.6. The van der Waals surface area contributed by atoms with Crippen molar-refractivity contribution < 1.29 is 17.6 Å². The molecule has 0 spiro atoms. The van der Waals surface area contributed by atoms with E-state index in [1.165, 1.54) is 69.1 Å². The van der Waals surface area contributed by atoms with Crippen molar-refractivity contribution in [2.24, 2.45) is 0 Å². The van der Waals surface area contributed by atoms with E-state index in [2.05, 4.69) is 23.1 Å². The normalized spacial score (nSPS) is 11.5. The molecular weight excluding hydrogens is 499 g/mol. The minimum atomic E-state index is -3.80. The summed E-state index contributed by atoms with van der Waals surface area (Å²) in [6, 6.07) is 15.4. The molecule has 0 aliphatic heterocycles. The first kappa shape index (κ1) is 25.4. The Bertz CT molecular complexity index is 1490. The van der Waals surface area contributed by atoms with Crippen LogP contribution in [0, 0.1) is 5.82 Å². The average molecular weight is 523 g/mol. The molecule has 1 amide bonds. The standard InChI is InChI=1S/C26H23FN4O3S2/c1-3-15-30(16-4-2)36(33,34)22-11-8-19(9-12-22)25(32)31(18-21-7-5-6-14-28-21)26-29-23-13-10-20(27)17-24(23)35-26/h3-14,17H,1-2,15-16,18H2. The van der Waals surface area contributed by atoms with Gasteiger partial charge in [-0.15, -0.1) is 13.2 Å². The van der Waals surface area contributed by atoms with Crippen molar-refractivity contribution in [2.45, 2.75) is 11.4 Å². The fourth-order valence-corrected chi connectivity index (χ4v) is 5.88. The Morgan fingerprint density at radius 1 is 1.03 bits per heavy atom. The summed E-state index contributed by atoms with van der Waals surface area (Å²) in [7, 11) is -3.80. The highest BCUT2D eigenvalue weighted by Crippen LogP contribution is 2.31. The van der Waals surface area contributed by atoms with E-state index in [1.54, 1.807) is 24.4 Å². The summed E-state index contributed by atoms with van der Waals surface area (Å²) in [5.74, 6) is -0.780. The first-order chi connectivity index (χ1) is 17.3. The molecular formula is C26H23FN4O3S2. The molecule has 0 atom stereocenters. The lowest BCUT2D eigenvalue weighted by atomic mass is 10.2. The van der Waals surface area contributed by atoms with Gasteiger partial charge in [0.05, 0.1) is 27.4 Å². The van der Waals surface area contributed by atoms with Gasteiger partial charge >= 0.3 is 0 Å². The number of sulfonamides is 1. The minimum Gasteiger partial charge on any atom is -0.278 e. The van der Waals surface area contributed by atoms with Crippen LogP contribution in [-0.2, 0) is 16.6 Å². The quantitative estimate of drug-likeness (QED) is 0.273. The van der Waals surface area contributed by atoms with E-state index in [0.717, 1.165) is 0 Å². The predicted octanol–water partition coefficient (Wildman–Crippen LogP) is 5.04. The van der Waals surface area contributed by atoms with Gasteiger partial charge in [-0.05, 0) is 54.6 Å². The van der Waals surface area contributed by atoms with Crippen molar-refractivity contribution in [1.29, 1.82) is 0 Å². The first-order valence-corrected chi connectivity index (χ1v) is 13.2. The van der Waals surface area contributed by atoms with E-state index in [9.17, 15) is 17.6 Å². The summed E-state index contributed by atoms with van der Waals surface area (Å²) in [5.41, 5.74) is 1.48. The van der Waals surface area contributed by atoms with Gasteiger partial charge in [0.25, 0.3) is 5.91 Å². The Morgan fingerprint density at radius 3 is 2.39 bits per heavy atom. The molecule has 4 rings (SSSR count). The number of aromatic nitrogens is 2. The molecule has 7 nitrogen and oxygen atoms in total. The zero-order valence-corrected chi connectivity index (χ0v) is 20.9. The van der Waals surface area contributed by atoms with E-state index in [1.807, 2.05) is 6.07 Å². The van der Waals surface area contributed by atoms with Crippen LogP contribution in [0.1, 0.15) is 16.1 Å². The molecule has 0 saturated heterocycles. The molecule has 10 heteroatoms. The van der Waals surface area contributed by atoms with Gasteiger partial charge in [-0.1, -0.05) is 29.6 Å². The predicted molar refractivity (Wildman–Crippen MR) is 140 cm³/mol. The SMILES string of the molecule is C=CCN(CC=C)S(=O)(=O)c1ccc(C(=O)N(Cc2ccccn2)c2nc3ccc(F)cc3s2)cc1. The number of carbonyl (C=O) groups is 1. The minimum absolute atomic E-state index is 0.0505. The van der Waals surface area contributed by atoms with Crippen LogP contribution in [0.4, 0.5) is 9.52 Å². The summed E-state index contributed by atoms with van der Waals surface area (Å²) in [6.07, 6.45) is 4.63. The number of fused-ring (bicyclic) bond motifs is 1. The number of thiazole rings is 1. The van der Waals surface area contributed by atoms with Crippen molar-refractivity contribution in [2.75, 3.05) is 18.0 Å². The lowest BCUT2D eigenvalue weighted by Gasteiger charge is -2.21. The largest absolute Gasteiger partial charge is 0.278 e. The highest BCUT2D eigenvalue weighted by atomic mass is 32.2. The third-order valence-electron chi connectivity index (χ3n) is 5.27. The molecule has 184 valence electrons. The third-order valence-corrected chi connectivity index (χ3v) is 8.15. The lowest BCUT2D eigenvalue weighted by molar-refractivity contribution is 0.0984. The van der Waals surface area contributed by atoms with Gasteiger partial charge in [-0.25, -0.2) is 17.8 Å². The number of benzene rings is 2. The summed E-state index contributed by atoms with van der Waals surface area (Å²) in [6.45, 7) is 7.61. The number of pyridine rings is 1. The first-order valence-electron chi connectivity index (χ1n) is 10.9. The smallest absolute Gasteiger partial charge is 0.260 e. The second kappa shape index (κ2) is 10.9. The molecule has 0 aliphatic rings. The zero-order valence-electron chi connectivity index (χ0n) is 19.2. The van der Waals surface area contributed by atoms with Crippen LogP contribution in [0.2, 0.25) is 0 Å². The molecule has 0 N–H and O–H groups in total. The number of hydrogen-bond donors (Lipinski definition) is 0. The molecule has 0 saturated carbocycles. The number of amides is 1. The molecule has 0 aliphatic carbocycles. The molecule has 4 aromatic rings. The molecule has 0 unspecified atom stereocenters. The molecule has 0 fully saturated rings. The van der Waals surface area contributed by atoms with Crippen molar-refractivity contribution in [3.8, 4) is 0 Å². The number of nitrogens with zero attached hydrogens (tertiary/aromatic N) is 4. The van der Waals surface area contributed by atoms with Crippen LogP contribution in [0.15, 0.2) is 97.1 Å². The van der Waals surface area contributed by atoms with E-state index < -0.39 is 15.9 Å².